The van der Waals surface area contributed by atoms with Crippen molar-refractivity contribution < 1.29 is 4.42 Å². The van der Waals surface area contributed by atoms with Crippen LogP contribution in [0.1, 0.15) is 12.0 Å². The van der Waals surface area contributed by atoms with Crippen LogP contribution in [-0.2, 0) is 13.5 Å². The highest BCUT2D eigenvalue weighted by Gasteiger charge is 2.13. The minimum absolute atomic E-state index is 0.292. The molecule has 0 radical (unpaired) electrons. The standard InChI is InChI=1S/C16H23N3O2/c1-17-8-10-19(11-9-17)7-3-4-13-5-6-14-15(12-13)21-16(20)18(14)2/h5-6,12H,3-4,7-11H2,1-2H3. The van der Waals surface area contributed by atoms with Crippen molar-refractivity contribution >= 4 is 11.1 Å². The van der Waals surface area contributed by atoms with Crippen molar-refractivity contribution in [2.45, 2.75) is 12.8 Å². The fourth-order valence-electron chi connectivity index (χ4n) is 2.91. The van der Waals surface area contributed by atoms with Gasteiger partial charge in [0.2, 0.25) is 0 Å². The van der Waals surface area contributed by atoms with Gasteiger partial charge in [0.25, 0.3) is 0 Å². The second-order valence-corrected chi connectivity index (χ2v) is 5.98. The molecule has 5 nitrogen and oxygen atoms in total. The van der Waals surface area contributed by atoms with Gasteiger partial charge in [-0.05, 0) is 44.1 Å². The van der Waals surface area contributed by atoms with Crippen LogP contribution in [0.3, 0.4) is 0 Å². The molecule has 2 heterocycles. The molecule has 0 aliphatic carbocycles. The fourth-order valence-corrected chi connectivity index (χ4v) is 2.91. The van der Waals surface area contributed by atoms with Crippen LogP contribution in [0.2, 0.25) is 0 Å². The quantitative estimate of drug-likeness (QED) is 0.851. The summed E-state index contributed by atoms with van der Waals surface area (Å²) in [5.41, 5.74) is 2.80. The van der Waals surface area contributed by atoms with Crippen molar-refractivity contribution in [3.8, 4) is 0 Å². The van der Waals surface area contributed by atoms with Gasteiger partial charge in [-0.25, -0.2) is 4.79 Å². The van der Waals surface area contributed by atoms with Gasteiger partial charge in [0.05, 0.1) is 5.52 Å². The zero-order chi connectivity index (χ0) is 14.8. The largest absolute Gasteiger partial charge is 0.419 e. The number of piperazine rings is 1. The van der Waals surface area contributed by atoms with E-state index in [-0.39, 0.29) is 5.76 Å². The summed E-state index contributed by atoms with van der Waals surface area (Å²) < 4.78 is 6.78. The monoisotopic (exact) mass is 289 g/mol. The lowest BCUT2D eigenvalue weighted by Gasteiger charge is -2.32. The number of fused-ring (bicyclic) bond motifs is 1. The lowest BCUT2D eigenvalue weighted by atomic mass is 10.1. The number of oxazole rings is 1. The Labute approximate surface area is 124 Å². The molecule has 0 saturated carbocycles. The number of nitrogens with zero attached hydrogens (tertiary/aromatic N) is 3. The van der Waals surface area contributed by atoms with Crippen molar-refractivity contribution in [1.82, 2.24) is 14.4 Å². The van der Waals surface area contributed by atoms with Crippen LogP contribution in [0.25, 0.3) is 11.1 Å². The molecule has 0 spiro atoms. The summed E-state index contributed by atoms with van der Waals surface area (Å²) >= 11 is 0. The van der Waals surface area contributed by atoms with Crippen molar-refractivity contribution in [3.63, 3.8) is 0 Å². The predicted molar refractivity (Wildman–Crippen MR) is 83.7 cm³/mol. The molecule has 1 fully saturated rings. The summed E-state index contributed by atoms with van der Waals surface area (Å²) in [5, 5.41) is 0. The molecule has 1 aromatic carbocycles. The molecular formula is C16H23N3O2. The van der Waals surface area contributed by atoms with Crippen LogP contribution in [0.15, 0.2) is 27.4 Å². The highest BCUT2D eigenvalue weighted by atomic mass is 16.4. The highest BCUT2D eigenvalue weighted by molar-refractivity contribution is 5.73. The summed E-state index contributed by atoms with van der Waals surface area (Å²) in [6, 6.07) is 6.08. The summed E-state index contributed by atoms with van der Waals surface area (Å²) in [5.74, 6) is -0.292. The van der Waals surface area contributed by atoms with Gasteiger partial charge in [-0.3, -0.25) is 4.57 Å². The minimum atomic E-state index is -0.292. The molecule has 114 valence electrons. The van der Waals surface area contributed by atoms with Gasteiger partial charge in [-0.2, -0.15) is 0 Å². The second-order valence-electron chi connectivity index (χ2n) is 5.98. The van der Waals surface area contributed by atoms with Gasteiger partial charge in [0.1, 0.15) is 0 Å². The third-order valence-corrected chi connectivity index (χ3v) is 4.39. The van der Waals surface area contributed by atoms with E-state index in [4.69, 9.17) is 4.42 Å². The van der Waals surface area contributed by atoms with E-state index in [2.05, 4.69) is 22.9 Å². The Hall–Kier alpha value is -1.59. The third-order valence-electron chi connectivity index (χ3n) is 4.39. The zero-order valence-corrected chi connectivity index (χ0v) is 12.8. The van der Waals surface area contributed by atoms with E-state index in [1.54, 1.807) is 11.6 Å². The van der Waals surface area contributed by atoms with Crippen molar-refractivity contribution in [2.24, 2.45) is 7.05 Å². The van der Waals surface area contributed by atoms with E-state index < -0.39 is 0 Å². The molecule has 0 unspecified atom stereocenters. The van der Waals surface area contributed by atoms with Gasteiger partial charge in [-0.1, -0.05) is 6.07 Å². The maximum atomic E-state index is 11.5. The number of aryl methyl sites for hydroxylation is 2. The Morgan fingerprint density at radius 2 is 1.90 bits per heavy atom. The first kappa shape index (κ1) is 14.4. The first-order valence-electron chi connectivity index (χ1n) is 7.63. The molecule has 1 saturated heterocycles. The second kappa shape index (κ2) is 6.03. The maximum Gasteiger partial charge on any atom is 0.419 e. The van der Waals surface area contributed by atoms with E-state index in [0.29, 0.717) is 5.58 Å². The van der Waals surface area contributed by atoms with Crippen LogP contribution >= 0.6 is 0 Å². The van der Waals surface area contributed by atoms with Gasteiger partial charge in [-0.15, -0.1) is 0 Å². The molecule has 0 bridgehead atoms. The van der Waals surface area contributed by atoms with Crippen LogP contribution in [-0.4, -0.2) is 54.1 Å². The Bertz CT molecular complexity index is 666. The van der Waals surface area contributed by atoms with Crippen LogP contribution in [0, 0.1) is 0 Å². The summed E-state index contributed by atoms with van der Waals surface area (Å²) in [7, 11) is 3.92. The SMILES string of the molecule is CN1CCN(CCCc2ccc3c(c2)oc(=O)n3C)CC1. The number of rotatable bonds is 4. The van der Waals surface area contributed by atoms with Gasteiger partial charge in [0.15, 0.2) is 5.58 Å². The average molecular weight is 289 g/mol. The van der Waals surface area contributed by atoms with Crippen LogP contribution in [0.4, 0.5) is 0 Å². The normalized spacial score (nSPS) is 17.6. The Balaban J connectivity index is 1.57. The third kappa shape index (κ3) is 3.19. The molecule has 1 aromatic heterocycles. The lowest BCUT2D eigenvalue weighted by molar-refractivity contribution is 0.153. The zero-order valence-electron chi connectivity index (χ0n) is 12.8. The van der Waals surface area contributed by atoms with Crippen molar-refractivity contribution in [2.75, 3.05) is 39.8 Å². The van der Waals surface area contributed by atoms with Gasteiger partial charge >= 0.3 is 5.76 Å². The Morgan fingerprint density at radius 3 is 2.67 bits per heavy atom. The maximum absolute atomic E-state index is 11.5. The predicted octanol–water partition coefficient (Wildman–Crippen LogP) is 1.31. The highest BCUT2D eigenvalue weighted by Crippen LogP contribution is 2.15. The minimum Gasteiger partial charge on any atom is -0.408 e. The van der Waals surface area contributed by atoms with Crippen LogP contribution in [0.5, 0.6) is 0 Å². The molecule has 0 amide bonds. The topological polar surface area (TPSA) is 41.6 Å². The molecule has 0 N–H and O–H groups in total. The number of hydrogen-bond donors (Lipinski definition) is 0. The molecule has 1 aliphatic heterocycles. The molecule has 21 heavy (non-hydrogen) atoms. The first-order valence-corrected chi connectivity index (χ1v) is 7.63. The number of hydrogen-bond acceptors (Lipinski definition) is 4. The molecular weight excluding hydrogens is 266 g/mol. The smallest absolute Gasteiger partial charge is 0.408 e. The summed E-state index contributed by atoms with van der Waals surface area (Å²) in [6.45, 7) is 5.82. The number of aromatic nitrogens is 1. The van der Waals surface area contributed by atoms with Crippen LogP contribution < -0.4 is 5.76 Å². The van der Waals surface area contributed by atoms with Crippen molar-refractivity contribution in [1.29, 1.82) is 0 Å². The fraction of sp³-hybridized carbons (Fsp3) is 0.562. The lowest BCUT2D eigenvalue weighted by Crippen LogP contribution is -2.44. The number of benzene rings is 1. The van der Waals surface area contributed by atoms with Gasteiger partial charge < -0.3 is 14.2 Å². The van der Waals surface area contributed by atoms with E-state index in [1.165, 1.54) is 31.7 Å². The Kier molecular flexibility index (Phi) is 4.12. The van der Waals surface area contributed by atoms with E-state index >= 15 is 0 Å². The number of likely N-dealkylation sites (N-methyl/N-ethyl adjacent to an activating group) is 1. The van der Waals surface area contributed by atoms with E-state index in [1.807, 2.05) is 12.1 Å². The van der Waals surface area contributed by atoms with E-state index in [0.717, 1.165) is 24.9 Å². The molecule has 2 aromatic rings. The molecule has 1 aliphatic rings. The summed E-state index contributed by atoms with van der Waals surface area (Å²) in [6.07, 6.45) is 2.17. The van der Waals surface area contributed by atoms with Gasteiger partial charge in [0, 0.05) is 33.2 Å². The average Bonchev–Trinajstić information content (AvgIpc) is 2.76. The summed E-state index contributed by atoms with van der Waals surface area (Å²) in [4.78, 5) is 16.4. The van der Waals surface area contributed by atoms with Crippen molar-refractivity contribution in [3.05, 3.63) is 34.3 Å². The molecule has 5 heteroatoms. The molecule has 0 atom stereocenters. The first-order chi connectivity index (χ1) is 10.1. The van der Waals surface area contributed by atoms with E-state index in [9.17, 15) is 4.79 Å². The Morgan fingerprint density at radius 1 is 1.14 bits per heavy atom. The molecule has 3 rings (SSSR count).